The van der Waals surface area contributed by atoms with Crippen molar-refractivity contribution in [2.45, 2.75) is 24.8 Å². The molecule has 0 aliphatic heterocycles. The molecule has 0 unspecified atom stereocenters. The third-order valence-corrected chi connectivity index (χ3v) is 4.27. The Morgan fingerprint density at radius 2 is 1.90 bits per heavy atom. The number of rotatable bonds is 4. The van der Waals surface area contributed by atoms with Crippen molar-refractivity contribution in [1.29, 1.82) is 0 Å². The summed E-state index contributed by atoms with van der Waals surface area (Å²) in [5.74, 6) is 1.46. The first-order chi connectivity index (χ1) is 9.76. The highest BCUT2D eigenvalue weighted by Gasteiger charge is 2.31. The molecular weight excluding hydrogens is 270 g/mol. The number of hydrogen-bond donors (Lipinski definition) is 1. The highest BCUT2D eigenvalue weighted by Crippen LogP contribution is 2.41. The van der Waals surface area contributed by atoms with Crippen LogP contribution in [-0.4, -0.2) is 13.2 Å². The fourth-order valence-corrected chi connectivity index (χ4v) is 3.03. The van der Waals surface area contributed by atoms with E-state index >= 15 is 0 Å². The van der Waals surface area contributed by atoms with Gasteiger partial charge in [0.1, 0.15) is 5.75 Å². The van der Waals surface area contributed by atoms with Gasteiger partial charge in [0.05, 0.1) is 7.11 Å². The average Bonchev–Trinajstić information content (AvgIpc) is 2.44. The standard InChI is InChI=1S/C17H18ClNO/c1-20-15-6-4-5-13(11-15)19-14-9-12(10-14)16-7-2-3-8-17(16)18/h2-8,11-12,14,19H,9-10H2,1H3. The highest BCUT2D eigenvalue weighted by atomic mass is 35.5. The van der Waals surface area contributed by atoms with E-state index in [1.54, 1.807) is 7.11 Å². The molecule has 1 aliphatic carbocycles. The smallest absolute Gasteiger partial charge is 0.120 e. The Balaban J connectivity index is 1.59. The van der Waals surface area contributed by atoms with Crippen molar-refractivity contribution in [3.05, 3.63) is 59.1 Å². The minimum atomic E-state index is 0.517. The van der Waals surface area contributed by atoms with Gasteiger partial charge in [-0.15, -0.1) is 0 Å². The second-order valence-electron chi connectivity index (χ2n) is 5.26. The second kappa shape index (κ2) is 5.76. The predicted molar refractivity (Wildman–Crippen MR) is 83.8 cm³/mol. The van der Waals surface area contributed by atoms with Gasteiger partial charge < -0.3 is 10.1 Å². The molecule has 0 spiro atoms. The van der Waals surface area contributed by atoms with E-state index in [1.807, 2.05) is 30.3 Å². The number of anilines is 1. The van der Waals surface area contributed by atoms with Gasteiger partial charge >= 0.3 is 0 Å². The summed E-state index contributed by atoms with van der Waals surface area (Å²) in [7, 11) is 1.69. The van der Waals surface area contributed by atoms with Crippen LogP contribution in [0.2, 0.25) is 5.02 Å². The van der Waals surface area contributed by atoms with Gasteiger partial charge in [0.15, 0.2) is 0 Å². The summed E-state index contributed by atoms with van der Waals surface area (Å²) in [6.45, 7) is 0. The zero-order valence-corrected chi connectivity index (χ0v) is 12.2. The van der Waals surface area contributed by atoms with Crippen LogP contribution in [0, 0.1) is 0 Å². The van der Waals surface area contributed by atoms with Gasteiger partial charge in [-0.3, -0.25) is 0 Å². The fraction of sp³-hybridized carbons (Fsp3) is 0.294. The lowest BCUT2D eigenvalue weighted by atomic mass is 9.76. The Kier molecular flexibility index (Phi) is 3.83. The molecule has 3 rings (SSSR count). The Labute approximate surface area is 124 Å². The zero-order chi connectivity index (χ0) is 13.9. The monoisotopic (exact) mass is 287 g/mol. The summed E-state index contributed by atoms with van der Waals surface area (Å²) in [5.41, 5.74) is 2.39. The van der Waals surface area contributed by atoms with Crippen molar-refractivity contribution < 1.29 is 4.74 Å². The van der Waals surface area contributed by atoms with Gasteiger partial charge in [0.2, 0.25) is 0 Å². The first kappa shape index (κ1) is 13.3. The van der Waals surface area contributed by atoms with E-state index < -0.39 is 0 Å². The first-order valence-electron chi connectivity index (χ1n) is 6.91. The lowest BCUT2D eigenvalue weighted by molar-refractivity contribution is 0.374. The SMILES string of the molecule is COc1cccc(NC2CC(c3ccccc3Cl)C2)c1. The van der Waals surface area contributed by atoms with Crippen LogP contribution in [0.1, 0.15) is 24.3 Å². The van der Waals surface area contributed by atoms with Crippen molar-refractivity contribution in [3.63, 3.8) is 0 Å². The largest absolute Gasteiger partial charge is 0.497 e. The number of halogens is 1. The van der Waals surface area contributed by atoms with Gasteiger partial charge in [-0.1, -0.05) is 35.9 Å². The molecule has 20 heavy (non-hydrogen) atoms. The molecule has 0 bridgehead atoms. The zero-order valence-electron chi connectivity index (χ0n) is 11.5. The molecule has 104 valence electrons. The van der Waals surface area contributed by atoms with Crippen LogP contribution in [0.15, 0.2) is 48.5 Å². The minimum absolute atomic E-state index is 0.517. The molecule has 0 saturated heterocycles. The summed E-state index contributed by atoms with van der Waals surface area (Å²) >= 11 is 6.24. The van der Waals surface area contributed by atoms with Crippen LogP contribution >= 0.6 is 11.6 Å². The van der Waals surface area contributed by atoms with Gasteiger partial charge in [0, 0.05) is 22.8 Å². The molecule has 0 atom stereocenters. The normalized spacial score (nSPS) is 21.1. The molecule has 0 heterocycles. The first-order valence-corrected chi connectivity index (χ1v) is 7.29. The summed E-state index contributed by atoms with van der Waals surface area (Å²) in [5, 5.41) is 4.44. The molecule has 1 saturated carbocycles. The van der Waals surface area contributed by atoms with Gasteiger partial charge in [-0.2, -0.15) is 0 Å². The van der Waals surface area contributed by atoms with Crippen molar-refractivity contribution in [1.82, 2.24) is 0 Å². The van der Waals surface area contributed by atoms with Gasteiger partial charge in [-0.05, 0) is 42.5 Å². The molecule has 0 amide bonds. The van der Waals surface area contributed by atoms with E-state index in [0.29, 0.717) is 12.0 Å². The third kappa shape index (κ3) is 2.75. The van der Waals surface area contributed by atoms with Crippen molar-refractivity contribution in [2.75, 3.05) is 12.4 Å². The van der Waals surface area contributed by atoms with Gasteiger partial charge in [0.25, 0.3) is 0 Å². The Morgan fingerprint density at radius 1 is 1.10 bits per heavy atom. The maximum absolute atomic E-state index is 6.24. The predicted octanol–water partition coefficient (Wildman–Crippen LogP) is 4.71. The van der Waals surface area contributed by atoms with Crippen LogP contribution in [0.25, 0.3) is 0 Å². The number of benzene rings is 2. The van der Waals surface area contributed by atoms with E-state index in [4.69, 9.17) is 16.3 Å². The Bertz CT molecular complexity index is 593. The fourth-order valence-electron chi connectivity index (χ4n) is 2.74. The maximum atomic E-state index is 6.24. The summed E-state index contributed by atoms with van der Waals surface area (Å²) < 4.78 is 5.24. The van der Waals surface area contributed by atoms with E-state index in [0.717, 1.165) is 29.3 Å². The van der Waals surface area contributed by atoms with Crippen molar-refractivity contribution in [3.8, 4) is 5.75 Å². The van der Waals surface area contributed by atoms with Crippen LogP contribution in [-0.2, 0) is 0 Å². The second-order valence-corrected chi connectivity index (χ2v) is 5.67. The topological polar surface area (TPSA) is 21.3 Å². The van der Waals surface area contributed by atoms with Crippen molar-refractivity contribution in [2.24, 2.45) is 0 Å². The lowest BCUT2D eigenvalue weighted by Crippen LogP contribution is -2.34. The quantitative estimate of drug-likeness (QED) is 0.879. The average molecular weight is 288 g/mol. The van der Waals surface area contributed by atoms with Crippen LogP contribution in [0.5, 0.6) is 5.75 Å². The van der Waals surface area contributed by atoms with E-state index in [-0.39, 0.29) is 0 Å². The Hall–Kier alpha value is -1.67. The minimum Gasteiger partial charge on any atom is -0.497 e. The van der Waals surface area contributed by atoms with Crippen LogP contribution in [0.3, 0.4) is 0 Å². The van der Waals surface area contributed by atoms with E-state index in [2.05, 4.69) is 23.5 Å². The molecule has 1 N–H and O–H groups in total. The van der Waals surface area contributed by atoms with Crippen LogP contribution < -0.4 is 10.1 Å². The molecule has 1 aliphatic rings. The molecular formula is C17H18ClNO. The molecule has 0 aromatic heterocycles. The maximum Gasteiger partial charge on any atom is 0.120 e. The summed E-state index contributed by atoms with van der Waals surface area (Å²) in [6, 6.07) is 16.7. The molecule has 2 aromatic rings. The van der Waals surface area contributed by atoms with E-state index in [9.17, 15) is 0 Å². The molecule has 1 fully saturated rings. The highest BCUT2D eigenvalue weighted by molar-refractivity contribution is 6.31. The molecule has 0 radical (unpaired) electrons. The lowest BCUT2D eigenvalue weighted by Gasteiger charge is -2.37. The summed E-state index contributed by atoms with van der Waals surface area (Å²) in [6.07, 6.45) is 2.25. The summed E-state index contributed by atoms with van der Waals surface area (Å²) in [4.78, 5) is 0. The Morgan fingerprint density at radius 3 is 2.65 bits per heavy atom. The number of ether oxygens (including phenoxy) is 1. The van der Waals surface area contributed by atoms with E-state index in [1.165, 1.54) is 5.56 Å². The van der Waals surface area contributed by atoms with Gasteiger partial charge in [-0.25, -0.2) is 0 Å². The number of hydrogen-bond acceptors (Lipinski definition) is 2. The third-order valence-electron chi connectivity index (χ3n) is 3.92. The van der Waals surface area contributed by atoms with Crippen LogP contribution in [0.4, 0.5) is 5.69 Å². The molecule has 2 aromatic carbocycles. The molecule has 2 nitrogen and oxygen atoms in total. The number of nitrogens with one attached hydrogen (secondary N) is 1. The number of methoxy groups -OCH3 is 1. The van der Waals surface area contributed by atoms with Crippen molar-refractivity contribution >= 4 is 17.3 Å². The molecule has 3 heteroatoms.